The maximum atomic E-state index is 13.0. The van der Waals surface area contributed by atoms with E-state index < -0.39 is 15.9 Å². The van der Waals surface area contributed by atoms with Crippen LogP contribution in [0.4, 0.5) is 11.4 Å². The largest absolute Gasteiger partial charge is 0.495 e. The molecule has 162 valence electrons. The second-order valence-corrected chi connectivity index (χ2v) is 9.19. The van der Waals surface area contributed by atoms with Gasteiger partial charge in [-0.15, -0.1) is 0 Å². The van der Waals surface area contributed by atoms with Crippen LogP contribution in [0, 0.1) is 27.7 Å². The Bertz CT molecular complexity index is 1250. The molecule has 2 N–H and O–H groups in total. The lowest BCUT2D eigenvalue weighted by atomic mass is 10.1. The molecule has 0 bridgehead atoms. The zero-order valence-corrected chi connectivity index (χ0v) is 19.1. The van der Waals surface area contributed by atoms with Crippen molar-refractivity contribution in [2.24, 2.45) is 0 Å². The van der Waals surface area contributed by atoms with Crippen molar-refractivity contribution in [2.75, 3.05) is 17.1 Å². The Kier molecular flexibility index (Phi) is 6.36. The van der Waals surface area contributed by atoms with E-state index in [1.165, 1.54) is 13.2 Å². The van der Waals surface area contributed by atoms with Crippen molar-refractivity contribution in [1.29, 1.82) is 0 Å². The number of amides is 1. The highest BCUT2D eigenvalue weighted by molar-refractivity contribution is 7.92. The van der Waals surface area contributed by atoms with Crippen LogP contribution in [0.3, 0.4) is 0 Å². The molecule has 0 atom stereocenters. The number of benzene rings is 3. The lowest BCUT2D eigenvalue weighted by molar-refractivity contribution is 0.102. The molecule has 0 radical (unpaired) electrons. The predicted octanol–water partition coefficient (Wildman–Crippen LogP) is 4.98. The molecule has 3 aromatic rings. The summed E-state index contributed by atoms with van der Waals surface area (Å²) in [6.07, 6.45) is 0. The molecular weight excluding hydrogens is 412 g/mol. The summed E-state index contributed by atoms with van der Waals surface area (Å²) in [5, 5.41) is 2.80. The first-order valence-electron chi connectivity index (χ1n) is 9.77. The van der Waals surface area contributed by atoms with Crippen LogP contribution >= 0.6 is 0 Å². The second-order valence-electron chi connectivity index (χ2n) is 7.54. The summed E-state index contributed by atoms with van der Waals surface area (Å²) in [6, 6.07) is 15.4. The molecule has 3 rings (SSSR count). The third kappa shape index (κ3) is 5.06. The van der Waals surface area contributed by atoms with E-state index in [0.29, 0.717) is 22.7 Å². The van der Waals surface area contributed by atoms with Gasteiger partial charge in [0.2, 0.25) is 0 Å². The number of aryl methyl sites for hydroxylation is 4. The van der Waals surface area contributed by atoms with Crippen LogP contribution in [0.1, 0.15) is 32.6 Å². The first-order valence-corrected chi connectivity index (χ1v) is 11.3. The molecule has 0 unspecified atom stereocenters. The maximum Gasteiger partial charge on any atom is 0.262 e. The lowest BCUT2D eigenvalue weighted by Gasteiger charge is -2.14. The van der Waals surface area contributed by atoms with Crippen molar-refractivity contribution in [3.8, 4) is 5.75 Å². The zero-order valence-electron chi connectivity index (χ0n) is 18.2. The highest BCUT2D eigenvalue weighted by Gasteiger charge is 2.20. The van der Waals surface area contributed by atoms with Gasteiger partial charge in [0.1, 0.15) is 5.75 Å². The van der Waals surface area contributed by atoms with Crippen LogP contribution in [0.15, 0.2) is 59.5 Å². The number of rotatable bonds is 6. The number of anilines is 2. The predicted molar refractivity (Wildman–Crippen MR) is 124 cm³/mol. The van der Waals surface area contributed by atoms with Gasteiger partial charge in [-0.1, -0.05) is 18.2 Å². The molecule has 31 heavy (non-hydrogen) atoms. The van der Waals surface area contributed by atoms with E-state index in [1.54, 1.807) is 43.3 Å². The summed E-state index contributed by atoms with van der Waals surface area (Å²) in [5.74, 6) is 0.0989. The van der Waals surface area contributed by atoms with Gasteiger partial charge >= 0.3 is 0 Å². The number of carbonyl (C=O) groups excluding carboxylic acids is 1. The monoisotopic (exact) mass is 438 g/mol. The van der Waals surface area contributed by atoms with Crippen LogP contribution in [-0.2, 0) is 10.0 Å². The van der Waals surface area contributed by atoms with Gasteiger partial charge in [0.05, 0.1) is 17.7 Å². The minimum atomic E-state index is -3.88. The molecule has 0 spiro atoms. The second kappa shape index (κ2) is 8.81. The van der Waals surface area contributed by atoms with E-state index in [0.717, 1.165) is 16.7 Å². The molecule has 0 aliphatic rings. The fourth-order valence-electron chi connectivity index (χ4n) is 3.16. The Morgan fingerprint density at radius 2 is 1.55 bits per heavy atom. The maximum absolute atomic E-state index is 13.0. The summed E-state index contributed by atoms with van der Waals surface area (Å²) < 4.78 is 34.0. The molecule has 7 heteroatoms. The molecule has 0 heterocycles. The summed E-state index contributed by atoms with van der Waals surface area (Å²) in [4.78, 5) is 12.9. The van der Waals surface area contributed by atoms with Gasteiger partial charge in [-0.25, -0.2) is 8.42 Å². The topological polar surface area (TPSA) is 84.5 Å². The van der Waals surface area contributed by atoms with Crippen molar-refractivity contribution in [3.63, 3.8) is 0 Å². The van der Waals surface area contributed by atoms with Gasteiger partial charge < -0.3 is 10.1 Å². The van der Waals surface area contributed by atoms with Crippen molar-refractivity contribution in [1.82, 2.24) is 0 Å². The molecule has 3 aromatic carbocycles. The molecule has 0 saturated carbocycles. The van der Waals surface area contributed by atoms with Crippen LogP contribution in [-0.4, -0.2) is 21.4 Å². The number of ether oxygens (including phenoxy) is 1. The fourth-order valence-corrected chi connectivity index (χ4v) is 4.48. The van der Waals surface area contributed by atoms with E-state index in [1.807, 2.05) is 32.9 Å². The van der Waals surface area contributed by atoms with Gasteiger partial charge in [0.15, 0.2) is 0 Å². The van der Waals surface area contributed by atoms with Crippen molar-refractivity contribution >= 4 is 27.3 Å². The van der Waals surface area contributed by atoms with Gasteiger partial charge in [0, 0.05) is 11.3 Å². The molecule has 1 amide bonds. The fraction of sp³-hybridized carbons (Fsp3) is 0.208. The quantitative estimate of drug-likeness (QED) is 0.568. The Morgan fingerprint density at radius 3 is 2.23 bits per heavy atom. The van der Waals surface area contributed by atoms with Crippen molar-refractivity contribution in [2.45, 2.75) is 32.6 Å². The van der Waals surface area contributed by atoms with Gasteiger partial charge in [-0.05, 0) is 86.3 Å². The molecule has 6 nitrogen and oxygen atoms in total. The first-order chi connectivity index (χ1) is 14.6. The Balaban J connectivity index is 1.91. The average Bonchev–Trinajstić information content (AvgIpc) is 2.71. The summed E-state index contributed by atoms with van der Waals surface area (Å²) in [5.41, 5.74) is 4.78. The van der Waals surface area contributed by atoms with E-state index in [4.69, 9.17) is 4.74 Å². The van der Waals surface area contributed by atoms with E-state index in [-0.39, 0.29) is 10.5 Å². The highest BCUT2D eigenvalue weighted by atomic mass is 32.2. The van der Waals surface area contributed by atoms with Crippen LogP contribution < -0.4 is 14.8 Å². The van der Waals surface area contributed by atoms with E-state index in [9.17, 15) is 13.2 Å². The molecule has 0 aliphatic carbocycles. The normalized spacial score (nSPS) is 11.1. The molecular formula is C24H26N2O4S. The number of carbonyl (C=O) groups is 1. The number of methoxy groups -OCH3 is 1. The minimum absolute atomic E-state index is 0.0505. The lowest BCUT2D eigenvalue weighted by Crippen LogP contribution is -2.17. The first kappa shape index (κ1) is 22.4. The third-order valence-electron chi connectivity index (χ3n) is 5.10. The molecule has 0 aliphatic heterocycles. The van der Waals surface area contributed by atoms with Gasteiger partial charge in [-0.3, -0.25) is 9.52 Å². The SMILES string of the molecule is COc1ccc(C)cc1NC(=O)c1ccc(C)c(S(=O)(=O)Nc2ccc(C)c(C)c2)c1. The molecule has 0 fully saturated rings. The van der Waals surface area contributed by atoms with Crippen molar-refractivity contribution < 1.29 is 17.9 Å². The van der Waals surface area contributed by atoms with Crippen LogP contribution in [0.2, 0.25) is 0 Å². The standard InChI is InChI=1S/C24H26N2O4S/c1-15-6-11-22(30-5)21(12-15)25-24(27)19-9-7-17(3)23(14-19)31(28,29)26-20-10-8-16(2)18(4)13-20/h6-14,26H,1-5H3,(H,25,27). The summed E-state index contributed by atoms with van der Waals surface area (Å²) in [7, 11) is -2.35. The molecule has 0 aromatic heterocycles. The Labute approximate surface area is 183 Å². The minimum Gasteiger partial charge on any atom is -0.495 e. The Hall–Kier alpha value is -3.32. The number of hydrogen-bond donors (Lipinski definition) is 2. The smallest absolute Gasteiger partial charge is 0.262 e. The van der Waals surface area contributed by atoms with Crippen LogP contribution in [0.25, 0.3) is 0 Å². The van der Waals surface area contributed by atoms with Crippen molar-refractivity contribution in [3.05, 3.63) is 82.4 Å². The van der Waals surface area contributed by atoms with Crippen LogP contribution in [0.5, 0.6) is 5.75 Å². The number of hydrogen-bond acceptors (Lipinski definition) is 4. The van der Waals surface area contributed by atoms with Gasteiger partial charge in [-0.2, -0.15) is 0 Å². The van der Waals surface area contributed by atoms with E-state index in [2.05, 4.69) is 10.0 Å². The average molecular weight is 439 g/mol. The Morgan fingerprint density at radius 1 is 0.839 bits per heavy atom. The molecule has 0 saturated heterocycles. The summed E-state index contributed by atoms with van der Waals surface area (Å²) in [6.45, 7) is 7.48. The third-order valence-corrected chi connectivity index (χ3v) is 6.63. The van der Waals surface area contributed by atoms with E-state index >= 15 is 0 Å². The number of nitrogens with one attached hydrogen (secondary N) is 2. The highest BCUT2D eigenvalue weighted by Crippen LogP contribution is 2.27. The number of sulfonamides is 1. The summed E-state index contributed by atoms with van der Waals surface area (Å²) >= 11 is 0. The zero-order chi connectivity index (χ0) is 22.8. The van der Waals surface area contributed by atoms with Gasteiger partial charge in [0.25, 0.3) is 15.9 Å².